The Morgan fingerprint density at radius 3 is 2.66 bits per heavy atom. The Kier molecular flexibility index (Phi) is 6.76. The maximum atomic E-state index is 12.3. The lowest BCUT2D eigenvalue weighted by Gasteiger charge is -2.12. The Morgan fingerprint density at radius 2 is 1.88 bits per heavy atom. The number of carbonyl (C=O) groups is 3. The molecule has 0 unspecified atom stereocenters. The normalized spacial score (nSPS) is 13.1. The lowest BCUT2D eigenvalue weighted by Crippen LogP contribution is -2.23. The minimum absolute atomic E-state index is 0.0432. The molecule has 0 aliphatic carbocycles. The van der Waals surface area contributed by atoms with Gasteiger partial charge in [0.25, 0.3) is 5.91 Å². The number of para-hydroxylation sites is 3. The number of hydrogen-bond acceptors (Lipinski definition) is 7. The van der Waals surface area contributed by atoms with Gasteiger partial charge in [-0.2, -0.15) is 0 Å². The number of amides is 2. The number of nitrogens with zero attached hydrogens (tertiary/aromatic N) is 2. The largest absolute Gasteiger partial charge is 0.455 e. The molecular formula is C23H21N3O5S. The third-order valence-corrected chi connectivity index (χ3v) is 5.58. The predicted molar refractivity (Wildman–Crippen MR) is 120 cm³/mol. The third-order valence-electron chi connectivity index (χ3n) is 4.67. The van der Waals surface area contributed by atoms with E-state index in [2.05, 4.69) is 10.3 Å². The van der Waals surface area contributed by atoms with Crippen LogP contribution in [-0.4, -0.2) is 35.9 Å². The molecule has 1 aliphatic heterocycles. The number of esters is 1. The summed E-state index contributed by atoms with van der Waals surface area (Å²) in [7, 11) is 0. The van der Waals surface area contributed by atoms with E-state index in [9.17, 15) is 14.4 Å². The molecule has 0 bridgehead atoms. The van der Waals surface area contributed by atoms with Gasteiger partial charge in [-0.15, -0.1) is 11.3 Å². The maximum Gasteiger partial charge on any atom is 0.312 e. The highest BCUT2D eigenvalue weighted by atomic mass is 32.1. The van der Waals surface area contributed by atoms with Crippen LogP contribution < -0.4 is 15.0 Å². The van der Waals surface area contributed by atoms with E-state index in [-0.39, 0.29) is 12.3 Å². The minimum atomic E-state index is -0.571. The molecule has 2 aromatic carbocycles. The summed E-state index contributed by atoms with van der Waals surface area (Å²) in [5, 5.41) is 5.01. The van der Waals surface area contributed by atoms with Gasteiger partial charge in [0.1, 0.15) is 5.75 Å². The Morgan fingerprint density at radius 1 is 1.09 bits per heavy atom. The Hall–Kier alpha value is -3.72. The number of benzene rings is 2. The number of thiazole rings is 1. The molecule has 1 aliphatic rings. The van der Waals surface area contributed by atoms with Crippen molar-refractivity contribution in [3.05, 3.63) is 65.7 Å². The van der Waals surface area contributed by atoms with Gasteiger partial charge in [-0.25, -0.2) is 4.98 Å². The number of aromatic nitrogens is 1. The van der Waals surface area contributed by atoms with E-state index in [4.69, 9.17) is 9.47 Å². The van der Waals surface area contributed by atoms with E-state index < -0.39 is 18.5 Å². The van der Waals surface area contributed by atoms with Crippen LogP contribution in [0.1, 0.15) is 18.5 Å². The summed E-state index contributed by atoms with van der Waals surface area (Å²) in [5.41, 5.74) is 0.980. The summed E-state index contributed by atoms with van der Waals surface area (Å²) in [4.78, 5) is 42.2. The molecule has 9 heteroatoms. The van der Waals surface area contributed by atoms with Crippen molar-refractivity contribution in [3.63, 3.8) is 0 Å². The molecule has 4 rings (SSSR count). The maximum absolute atomic E-state index is 12.3. The highest BCUT2D eigenvalue weighted by Gasteiger charge is 2.24. The molecule has 3 aromatic rings. The summed E-state index contributed by atoms with van der Waals surface area (Å²) in [6.45, 7) is 0.214. The molecule has 2 heterocycles. The van der Waals surface area contributed by atoms with Gasteiger partial charge in [0, 0.05) is 18.3 Å². The van der Waals surface area contributed by atoms with Gasteiger partial charge in [0.2, 0.25) is 5.91 Å². The van der Waals surface area contributed by atoms with Crippen molar-refractivity contribution in [3.8, 4) is 11.5 Å². The fourth-order valence-electron chi connectivity index (χ4n) is 3.16. The second-order valence-corrected chi connectivity index (χ2v) is 7.90. The second-order valence-electron chi connectivity index (χ2n) is 7.07. The number of rotatable bonds is 8. The van der Waals surface area contributed by atoms with E-state index in [1.54, 1.807) is 34.5 Å². The SMILES string of the molecule is O=C(COC(=O)Cc1csc(N2CCCC2=O)n1)Nc1ccccc1Oc1ccccc1. The fourth-order valence-corrected chi connectivity index (χ4v) is 4.03. The Labute approximate surface area is 188 Å². The number of nitrogens with one attached hydrogen (secondary N) is 1. The summed E-state index contributed by atoms with van der Waals surface area (Å²) < 4.78 is 10.9. The summed E-state index contributed by atoms with van der Waals surface area (Å²) in [6.07, 6.45) is 1.26. The highest BCUT2D eigenvalue weighted by molar-refractivity contribution is 7.14. The van der Waals surface area contributed by atoms with E-state index in [1.807, 2.05) is 30.3 Å². The molecule has 1 N–H and O–H groups in total. The summed E-state index contributed by atoms with van der Waals surface area (Å²) in [6, 6.07) is 16.2. The van der Waals surface area contributed by atoms with Crippen molar-refractivity contribution in [2.24, 2.45) is 0 Å². The molecule has 1 saturated heterocycles. The molecule has 0 saturated carbocycles. The van der Waals surface area contributed by atoms with Crippen LogP contribution in [0.15, 0.2) is 60.0 Å². The van der Waals surface area contributed by atoms with Crippen molar-refractivity contribution < 1.29 is 23.9 Å². The van der Waals surface area contributed by atoms with Crippen molar-refractivity contribution in [2.45, 2.75) is 19.3 Å². The van der Waals surface area contributed by atoms with Crippen LogP contribution in [0.4, 0.5) is 10.8 Å². The highest BCUT2D eigenvalue weighted by Crippen LogP contribution is 2.29. The van der Waals surface area contributed by atoms with Gasteiger partial charge in [0.05, 0.1) is 17.8 Å². The van der Waals surface area contributed by atoms with Crippen LogP contribution in [0.5, 0.6) is 11.5 Å². The Balaban J connectivity index is 1.28. The molecule has 8 nitrogen and oxygen atoms in total. The zero-order valence-corrected chi connectivity index (χ0v) is 18.0. The molecule has 2 amide bonds. The molecule has 164 valence electrons. The second kappa shape index (κ2) is 10.1. The zero-order valence-electron chi connectivity index (χ0n) is 17.2. The van der Waals surface area contributed by atoms with Crippen LogP contribution in [0.2, 0.25) is 0 Å². The molecule has 0 atom stereocenters. The van der Waals surface area contributed by atoms with E-state index >= 15 is 0 Å². The van der Waals surface area contributed by atoms with E-state index in [0.29, 0.717) is 41.0 Å². The minimum Gasteiger partial charge on any atom is -0.455 e. The Bertz CT molecular complexity index is 1120. The van der Waals surface area contributed by atoms with E-state index in [0.717, 1.165) is 6.42 Å². The molecular weight excluding hydrogens is 430 g/mol. The fraction of sp³-hybridized carbons (Fsp3) is 0.217. The first-order valence-electron chi connectivity index (χ1n) is 10.1. The third kappa shape index (κ3) is 5.50. The first-order valence-corrected chi connectivity index (χ1v) is 11.0. The van der Waals surface area contributed by atoms with Gasteiger partial charge in [0.15, 0.2) is 17.5 Å². The van der Waals surface area contributed by atoms with Gasteiger partial charge in [-0.05, 0) is 30.7 Å². The lowest BCUT2D eigenvalue weighted by atomic mass is 10.3. The number of carbonyl (C=O) groups excluding carboxylic acids is 3. The van der Waals surface area contributed by atoms with Crippen LogP contribution in [0.25, 0.3) is 0 Å². The zero-order chi connectivity index (χ0) is 22.3. The van der Waals surface area contributed by atoms with Crippen LogP contribution in [0, 0.1) is 0 Å². The standard InChI is InChI=1S/C23H21N3O5S/c27-20(25-18-9-4-5-10-19(18)31-17-7-2-1-3-8-17)14-30-22(29)13-16-15-32-23(24-16)26-12-6-11-21(26)28/h1-5,7-10,15H,6,11-14H2,(H,25,27). The topological polar surface area (TPSA) is 97.8 Å². The molecule has 1 aromatic heterocycles. The average Bonchev–Trinajstić information content (AvgIpc) is 3.43. The molecule has 0 spiro atoms. The van der Waals surface area contributed by atoms with Crippen molar-refractivity contribution in [1.29, 1.82) is 0 Å². The van der Waals surface area contributed by atoms with E-state index in [1.165, 1.54) is 11.3 Å². The molecule has 1 fully saturated rings. The van der Waals surface area contributed by atoms with Gasteiger partial charge < -0.3 is 14.8 Å². The van der Waals surface area contributed by atoms with Gasteiger partial charge in [-0.1, -0.05) is 30.3 Å². The van der Waals surface area contributed by atoms with Crippen molar-refractivity contribution >= 4 is 39.9 Å². The summed E-state index contributed by atoms with van der Waals surface area (Å²) >= 11 is 1.31. The number of anilines is 2. The van der Waals surface area contributed by atoms with Crippen molar-refractivity contribution in [1.82, 2.24) is 4.98 Å². The van der Waals surface area contributed by atoms with Crippen LogP contribution in [-0.2, 0) is 25.5 Å². The molecule has 0 radical (unpaired) electrons. The van der Waals surface area contributed by atoms with Gasteiger partial charge in [-0.3, -0.25) is 19.3 Å². The first-order chi connectivity index (χ1) is 15.6. The lowest BCUT2D eigenvalue weighted by molar-refractivity contribution is -0.146. The van der Waals surface area contributed by atoms with Gasteiger partial charge >= 0.3 is 5.97 Å². The summed E-state index contributed by atoms with van der Waals surface area (Å²) in [5.74, 6) is 0.105. The first kappa shape index (κ1) is 21.5. The monoisotopic (exact) mass is 451 g/mol. The number of hydrogen-bond donors (Lipinski definition) is 1. The average molecular weight is 452 g/mol. The van der Waals surface area contributed by atoms with Crippen LogP contribution >= 0.6 is 11.3 Å². The van der Waals surface area contributed by atoms with Crippen molar-refractivity contribution in [2.75, 3.05) is 23.4 Å². The quantitative estimate of drug-likeness (QED) is 0.524. The predicted octanol–water partition coefficient (Wildman–Crippen LogP) is 3.79. The van der Waals surface area contributed by atoms with Crippen LogP contribution in [0.3, 0.4) is 0 Å². The molecule has 32 heavy (non-hydrogen) atoms. The smallest absolute Gasteiger partial charge is 0.312 e. The number of ether oxygens (including phenoxy) is 2.